The molecule has 78 valence electrons. The van der Waals surface area contributed by atoms with Gasteiger partial charge in [0, 0.05) is 6.54 Å². The smallest absolute Gasteiger partial charge is 0.00378 e. The monoisotopic (exact) mass is 183 g/mol. The van der Waals surface area contributed by atoms with Crippen molar-refractivity contribution in [3.8, 4) is 0 Å². The number of piperidine rings is 1. The Morgan fingerprint density at radius 3 is 2.38 bits per heavy atom. The predicted octanol–water partition coefficient (Wildman–Crippen LogP) is 3.30. The quantitative estimate of drug-likeness (QED) is 0.646. The average molecular weight is 183 g/mol. The molecule has 1 rings (SSSR count). The van der Waals surface area contributed by atoms with E-state index in [1.807, 2.05) is 0 Å². The fraction of sp³-hybridized carbons (Fsp3) is 1.00. The van der Waals surface area contributed by atoms with Gasteiger partial charge in [-0.05, 0) is 50.6 Å². The first-order valence-electron chi connectivity index (χ1n) is 5.98. The molecule has 0 saturated carbocycles. The molecular weight excluding hydrogens is 158 g/mol. The van der Waals surface area contributed by atoms with Crippen molar-refractivity contribution in [2.24, 2.45) is 5.41 Å². The van der Waals surface area contributed by atoms with Crippen molar-refractivity contribution in [3.63, 3.8) is 0 Å². The van der Waals surface area contributed by atoms with Gasteiger partial charge in [-0.3, -0.25) is 0 Å². The highest BCUT2D eigenvalue weighted by molar-refractivity contribution is 4.84. The SMILES string of the molecule is CCCN1CCCC(CC)(CC)C1. The van der Waals surface area contributed by atoms with Crippen LogP contribution >= 0.6 is 0 Å². The molecule has 1 saturated heterocycles. The van der Waals surface area contributed by atoms with E-state index in [1.165, 1.54) is 51.7 Å². The van der Waals surface area contributed by atoms with Gasteiger partial charge in [-0.2, -0.15) is 0 Å². The minimum Gasteiger partial charge on any atom is -0.303 e. The highest BCUT2D eigenvalue weighted by atomic mass is 15.1. The van der Waals surface area contributed by atoms with Gasteiger partial charge in [0.2, 0.25) is 0 Å². The van der Waals surface area contributed by atoms with Gasteiger partial charge in [0.25, 0.3) is 0 Å². The van der Waals surface area contributed by atoms with Crippen molar-refractivity contribution in [1.82, 2.24) is 4.90 Å². The zero-order valence-corrected chi connectivity index (χ0v) is 9.60. The molecular formula is C12H25N. The third kappa shape index (κ3) is 2.70. The minimum atomic E-state index is 0.660. The molecule has 0 aromatic heterocycles. The van der Waals surface area contributed by atoms with Crippen molar-refractivity contribution in [2.75, 3.05) is 19.6 Å². The van der Waals surface area contributed by atoms with Crippen LogP contribution in [-0.4, -0.2) is 24.5 Å². The van der Waals surface area contributed by atoms with E-state index < -0.39 is 0 Å². The summed E-state index contributed by atoms with van der Waals surface area (Å²) in [7, 11) is 0. The second kappa shape index (κ2) is 4.99. The molecule has 0 N–H and O–H groups in total. The molecule has 0 spiro atoms. The van der Waals surface area contributed by atoms with Gasteiger partial charge < -0.3 is 4.90 Å². The van der Waals surface area contributed by atoms with E-state index in [0.29, 0.717) is 5.41 Å². The molecule has 1 heteroatoms. The fourth-order valence-corrected chi connectivity index (χ4v) is 2.64. The Labute approximate surface area is 83.5 Å². The lowest BCUT2D eigenvalue weighted by Crippen LogP contribution is -2.42. The van der Waals surface area contributed by atoms with Crippen LogP contribution < -0.4 is 0 Å². The summed E-state index contributed by atoms with van der Waals surface area (Å²) in [5.74, 6) is 0. The molecule has 1 fully saturated rings. The van der Waals surface area contributed by atoms with Gasteiger partial charge in [-0.15, -0.1) is 0 Å². The van der Waals surface area contributed by atoms with Gasteiger partial charge in [0.15, 0.2) is 0 Å². The molecule has 0 radical (unpaired) electrons. The molecule has 1 aliphatic heterocycles. The largest absolute Gasteiger partial charge is 0.303 e. The maximum atomic E-state index is 2.66. The lowest BCUT2D eigenvalue weighted by atomic mass is 9.75. The molecule has 1 aliphatic rings. The first-order valence-corrected chi connectivity index (χ1v) is 5.98. The van der Waals surface area contributed by atoms with Gasteiger partial charge in [-0.25, -0.2) is 0 Å². The summed E-state index contributed by atoms with van der Waals surface area (Å²) in [5, 5.41) is 0. The molecule has 0 unspecified atom stereocenters. The molecule has 0 atom stereocenters. The molecule has 1 heterocycles. The third-order valence-corrected chi connectivity index (χ3v) is 3.78. The van der Waals surface area contributed by atoms with E-state index in [0.717, 1.165) is 0 Å². The van der Waals surface area contributed by atoms with Crippen LogP contribution in [0.2, 0.25) is 0 Å². The summed E-state index contributed by atoms with van der Waals surface area (Å²) in [5.41, 5.74) is 0.660. The summed E-state index contributed by atoms with van der Waals surface area (Å²) in [6.07, 6.45) is 6.92. The van der Waals surface area contributed by atoms with Crippen LogP contribution in [0.4, 0.5) is 0 Å². The average Bonchev–Trinajstić information content (AvgIpc) is 2.19. The van der Waals surface area contributed by atoms with Crippen LogP contribution in [-0.2, 0) is 0 Å². The zero-order valence-electron chi connectivity index (χ0n) is 9.60. The van der Waals surface area contributed by atoms with Gasteiger partial charge in [-0.1, -0.05) is 20.8 Å². The van der Waals surface area contributed by atoms with Crippen molar-refractivity contribution in [3.05, 3.63) is 0 Å². The summed E-state index contributed by atoms with van der Waals surface area (Å²) < 4.78 is 0. The van der Waals surface area contributed by atoms with E-state index in [1.54, 1.807) is 0 Å². The van der Waals surface area contributed by atoms with Crippen molar-refractivity contribution in [2.45, 2.75) is 52.9 Å². The zero-order chi connectivity index (χ0) is 9.73. The highest BCUT2D eigenvalue weighted by Gasteiger charge is 2.31. The van der Waals surface area contributed by atoms with Crippen molar-refractivity contribution >= 4 is 0 Å². The van der Waals surface area contributed by atoms with Crippen molar-refractivity contribution < 1.29 is 0 Å². The van der Waals surface area contributed by atoms with Gasteiger partial charge in [0.05, 0.1) is 0 Å². The lowest BCUT2D eigenvalue weighted by molar-refractivity contribution is 0.0804. The number of likely N-dealkylation sites (tertiary alicyclic amines) is 1. The summed E-state index contributed by atoms with van der Waals surface area (Å²) >= 11 is 0. The number of hydrogen-bond acceptors (Lipinski definition) is 1. The first kappa shape index (κ1) is 11.0. The Morgan fingerprint density at radius 2 is 1.85 bits per heavy atom. The Bertz CT molecular complexity index is 136. The number of rotatable bonds is 4. The van der Waals surface area contributed by atoms with Crippen LogP contribution in [0.5, 0.6) is 0 Å². The standard InChI is InChI=1S/C12H25N/c1-4-9-13-10-7-8-12(5-2,6-3)11-13/h4-11H2,1-3H3. The molecule has 0 aromatic rings. The van der Waals surface area contributed by atoms with Gasteiger partial charge >= 0.3 is 0 Å². The normalized spacial score (nSPS) is 23.3. The predicted molar refractivity (Wildman–Crippen MR) is 59.0 cm³/mol. The maximum absolute atomic E-state index is 2.66. The second-order valence-corrected chi connectivity index (χ2v) is 4.59. The Morgan fingerprint density at radius 1 is 1.15 bits per heavy atom. The van der Waals surface area contributed by atoms with Crippen LogP contribution in [0.15, 0.2) is 0 Å². The van der Waals surface area contributed by atoms with E-state index >= 15 is 0 Å². The first-order chi connectivity index (χ1) is 6.26. The Kier molecular flexibility index (Phi) is 4.24. The van der Waals surface area contributed by atoms with Crippen molar-refractivity contribution in [1.29, 1.82) is 0 Å². The van der Waals surface area contributed by atoms with Crippen LogP contribution in [0, 0.1) is 5.41 Å². The third-order valence-electron chi connectivity index (χ3n) is 3.78. The fourth-order valence-electron chi connectivity index (χ4n) is 2.64. The van der Waals surface area contributed by atoms with Gasteiger partial charge in [0.1, 0.15) is 0 Å². The van der Waals surface area contributed by atoms with E-state index in [2.05, 4.69) is 25.7 Å². The lowest BCUT2D eigenvalue weighted by Gasteiger charge is -2.42. The second-order valence-electron chi connectivity index (χ2n) is 4.59. The number of nitrogens with zero attached hydrogens (tertiary/aromatic N) is 1. The molecule has 1 nitrogen and oxygen atoms in total. The molecule has 0 aliphatic carbocycles. The van der Waals surface area contributed by atoms with E-state index in [4.69, 9.17) is 0 Å². The summed E-state index contributed by atoms with van der Waals surface area (Å²) in [6, 6.07) is 0. The van der Waals surface area contributed by atoms with E-state index in [9.17, 15) is 0 Å². The summed E-state index contributed by atoms with van der Waals surface area (Å²) in [6.45, 7) is 11.0. The maximum Gasteiger partial charge on any atom is 0.00378 e. The molecule has 0 aromatic carbocycles. The Balaban J connectivity index is 2.48. The van der Waals surface area contributed by atoms with Crippen LogP contribution in [0.1, 0.15) is 52.9 Å². The summed E-state index contributed by atoms with van der Waals surface area (Å²) in [4.78, 5) is 2.66. The molecule has 13 heavy (non-hydrogen) atoms. The van der Waals surface area contributed by atoms with Crippen LogP contribution in [0.3, 0.4) is 0 Å². The highest BCUT2D eigenvalue weighted by Crippen LogP contribution is 2.36. The molecule has 0 amide bonds. The van der Waals surface area contributed by atoms with Crippen LogP contribution in [0.25, 0.3) is 0 Å². The Hall–Kier alpha value is -0.0400. The van der Waals surface area contributed by atoms with E-state index in [-0.39, 0.29) is 0 Å². The topological polar surface area (TPSA) is 3.24 Å². The number of hydrogen-bond donors (Lipinski definition) is 0. The minimum absolute atomic E-state index is 0.660. The molecule has 0 bridgehead atoms.